The van der Waals surface area contributed by atoms with Crippen LogP contribution >= 0.6 is 0 Å². The number of halogens is 3. The molecule has 1 N–H and O–H groups in total. The van der Waals surface area contributed by atoms with E-state index in [1.807, 2.05) is 41.4 Å². The third-order valence-electron chi connectivity index (χ3n) is 6.02. The SMILES string of the molecule is Cn1c(=O)n(CC(F)(F)F)c(=O)c2c1nc(N1CCC3CNC=C31)n2Cc1ccccc1. The highest BCUT2D eigenvalue weighted by molar-refractivity contribution is 5.75. The second kappa shape index (κ2) is 7.28. The highest BCUT2D eigenvalue weighted by atomic mass is 19.4. The third kappa shape index (κ3) is 3.28. The number of nitrogens with zero attached hydrogens (tertiary/aromatic N) is 5. The molecular formula is C21H21F3N6O2. The van der Waals surface area contributed by atoms with Crippen LogP contribution in [-0.4, -0.2) is 38.0 Å². The summed E-state index contributed by atoms with van der Waals surface area (Å²) in [5, 5.41) is 3.21. The molecule has 1 aromatic carbocycles. The van der Waals surface area contributed by atoms with E-state index in [2.05, 4.69) is 10.3 Å². The van der Waals surface area contributed by atoms with Crippen LogP contribution in [0.15, 0.2) is 51.8 Å². The standard InChI is InChI=1S/C21H21F3N6O2/c1-27-17-16(18(31)30(20(27)32)12-21(22,23)24)29(11-13-5-3-2-4-6-13)19(26-17)28-8-7-14-9-25-10-15(14)28/h2-6,10,14,25H,7-9,11-12H2,1H3. The first-order valence-corrected chi connectivity index (χ1v) is 10.3. The number of imidazole rings is 1. The van der Waals surface area contributed by atoms with Gasteiger partial charge in [0.15, 0.2) is 11.2 Å². The van der Waals surface area contributed by atoms with Gasteiger partial charge in [-0.25, -0.2) is 9.36 Å². The van der Waals surface area contributed by atoms with Gasteiger partial charge in [0.2, 0.25) is 5.95 Å². The maximum atomic E-state index is 13.2. The van der Waals surface area contributed by atoms with E-state index < -0.39 is 24.0 Å². The Balaban J connectivity index is 1.77. The zero-order valence-corrected chi connectivity index (χ0v) is 17.3. The number of aromatic nitrogens is 4. The van der Waals surface area contributed by atoms with Crippen molar-refractivity contribution in [2.24, 2.45) is 13.0 Å². The van der Waals surface area contributed by atoms with Crippen molar-refractivity contribution in [3.8, 4) is 0 Å². The maximum Gasteiger partial charge on any atom is 0.406 e. The topological polar surface area (TPSA) is 77.1 Å². The Morgan fingerprint density at radius 1 is 1.16 bits per heavy atom. The predicted molar refractivity (Wildman–Crippen MR) is 112 cm³/mol. The van der Waals surface area contributed by atoms with Crippen LogP contribution in [0.2, 0.25) is 0 Å². The highest BCUT2D eigenvalue weighted by Crippen LogP contribution is 2.35. The van der Waals surface area contributed by atoms with Crippen molar-refractivity contribution >= 4 is 17.1 Å². The van der Waals surface area contributed by atoms with Crippen molar-refractivity contribution < 1.29 is 13.2 Å². The van der Waals surface area contributed by atoms with Gasteiger partial charge in [-0.2, -0.15) is 18.2 Å². The molecule has 32 heavy (non-hydrogen) atoms. The predicted octanol–water partition coefficient (Wildman–Crippen LogP) is 1.78. The normalized spacial score (nSPS) is 18.2. The van der Waals surface area contributed by atoms with Gasteiger partial charge in [-0.1, -0.05) is 30.3 Å². The largest absolute Gasteiger partial charge is 0.406 e. The molecule has 1 fully saturated rings. The molecule has 1 saturated heterocycles. The molecular weight excluding hydrogens is 425 g/mol. The molecule has 5 rings (SSSR count). The van der Waals surface area contributed by atoms with Crippen LogP contribution in [0.25, 0.3) is 11.2 Å². The molecule has 11 heteroatoms. The fourth-order valence-electron chi connectivity index (χ4n) is 4.51. The molecule has 2 aliphatic heterocycles. The Morgan fingerprint density at radius 2 is 1.91 bits per heavy atom. The van der Waals surface area contributed by atoms with E-state index in [1.165, 1.54) is 7.05 Å². The summed E-state index contributed by atoms with van der Waals surface area (Å²) in [7, 11) is 1.34. The van der Waals surface area contributed by atoms with E-state index in [0.717, 1.165) is 28.8 Å². The lowest BCUT2D eigenvalue weighted by Crippen LogP contribution is -2.43. The molecule has 0 aliphatic carbocycles. The van der Waals surface area contributed by atoms with Gasteiger partial charge in [0.25, 0.3) is 5.56 Å². The van der Waals surface area contributed by atoms with Gasteiger partial charge in [0.1, 0.15) is 6.54 Å². The lowest BCUT2D eigenvalue weighted by atomic mass is 10.1. The minimum atomic E-state index is -4.71. The lowest BCUT2D eigenvalue weighted by molar-refractivity contribution is -0.141. The fourth-order valence-corrected chi connectivity index (χ4v) is 4.51. The van der Waals surface area contributed by atoms with Crippen LogP contribution in [0.4, 0.5) is 19.1 Å². The van der Waals surface area contributed by atoms with Crippen molar-refractivity contribution in [1.29, 1.82) is 0 Å². The van der Waals surface area contributed by atoms with E-state index in [-0.39, 0.29) is 22.3 Å². The minimum absolute atomic E-state index is 0.0230. The number of hydrogen-bond acceptors (Lipinski definition) is 5. The summed E-state index contributed by atoms with van der Waals surface area (Å²) in [4.78, 5) is 32.4. The van der Waals surface area contributed by atoms with E-state index in [0.29, 0.717) is 18.4 Å². The Labute approximate surface area is 180 Å². The van der Waals surface area contributed by atoms with Crippen molar-refractivity contribution in [1.82, 2.24) is 24.0 Å². The summed E-state index contributed by atoms with van der Waals surface area (Å²) in [5.41, 5.74) is -0.112. The van der Waals surface area contributed by atoms with E-state index in [4.69, 9.17) is 0 Å². The summed E-state index contributed by atoms with van der Waals surface area (Å²) >= 11 is 0. The minimum Gasteiger partial charge on any atom is -0.389 e. The van der Waals surface area contributed by atoms with Gasteiger partial charge < -0.3 is 10.2 Å². The monoisotopic (exact) mass is 446 g/mol. The number of aryl methyl sites for hydroxylation is 1. The Kier molecular flexibility index (Phi) is 4.64. The zero-order chi connectivity index (χ0) is 22.6. The quantitative estimate of drug-likeness (QED) is 0.661. The zero-order valence-electron chi connectivity index (χ0n) is 17.3. The molecule has 8 nitrogen and oxygen atoms in total. The summed E-state index contributed by atoms with van der Waals surface area (Å²) in [5.74, 6) is 0.754. The first-order chi connectivity index (χ1) is 15.2. The Morgan fingerprint density at radius 3 is 2.62 bits per heavy atom. The molecule has 0 saturated carbocycles. The van der Waals surface area contributed by atoms with Gasteiger partial charge in [-0.3, -0.25) is 13.9 Å². The average molecular weight is 446 g/mol. The van der Waals surface area contributed by atoms with Crippen molar-refractivity contribution in [3.05, 3.63) is 68.6 Å². The van der Waals surface area contributed by atoms with E-state index >= 15 is 0 Å². The second-order valence-corrected chi connectivity index (χ2v) is 8.12. The Bertz CT molecular complexity index is 1340. The molecule has 168 valence electrons. The van der Waals surface area contributed by atoms with Crippen LogP contribution < -0.4 is 21.5 Å². The maximum absolute atomic E-state index is 13.2. The number of alkyl halides is 3. The molecule has 1 unspecified atom stereocenters. The van der Waals surface area contributed by atoms with Gasteiger partial charge >= 0.3 is 11.9 Å². The lowest BCUT2D eigenvalue weighted by Gasteiger charge is -2.20. The van der Waals surface area contributed by atoms with Gasteiger partial charge in [-0.05, 0) is 12.0 Å². The number of hydrogen-bond donors (Lipinski definition) is 1. The van der Waals surface area contributed by atoms with Gasteiger partial charge in [0, 0.05) is 38.0 Å². The molecule has 1 atom stereocenters. The van der Waals surface area contributed by atoms with E-state index in [1.54, 1.807) is 4.57 Å². The number of rotatable bonds is 4. The van der Waals surface area contributed by atoms with Gasteiger partial charge in [-0.15, -0.1) is 0 Å². The first kappa shape index (κ1) is 20.4. The number of nitrogens with one attached hydrogen (secondary N) is 1. The summed E-state index contributed by atoms with van der Waals surface area (Å²) in [6.45, 7) is 0.0533. The first-order valence-electron chi connectivity index (χ1n) is 10.3. The van der Waals surface area contributed by atoms with Crippen molar-refractivity contribution in [2.75, 3.05) is 18.0 Å². The van der Waals surface area contributed by atoms with Crippen molar-refractivity contribution in [2.45, 2.75) is 25.7 Å². The van der Waals surface area contributed by atoms with Crippen LogP contribution in [-0.2, 0) is 20.1 Å². The molecule has 0 bridgehead atoms. The average Bonchev–Trinajstić information content (AvgIpc) is 3.44. The second-order valence-electron chi connectivity index (χ2n) is 8.12. The summed E-state index contributed by atoms with van der Waals surface area (Å²) < 4.78 is 42.3. The molecule has 0 amide bonds. The fraction of sp³-hybridized carbons (Fsp3) is 0.381. The van der Waals surface area contributed by atoms with Crippen LogP contribution in [0, 0.1) is 5.92 Å². The van der Waals surface area contributed by atoms with Crippen LogP contribution in [0.1, 0.15) is 12.0 Å². The van der Waals surface area contributed by atoms with Crippen LogP contribution in [0.3, 0.4) is 0 Å². The van der Waals surface area contributed by atoms with Crippen molar-refractivity contribution in [3.63, 3.8) is 0 Å². The molecule has 2 aliphatic rings. The number of anilines is 1. The molecule has 4 heterocycles. The highest BCUT2D eigenvalue weighted by Gasteiger charge is 2.36. The Hall–Kier alpha value is -3.50. The molecule has 0 radical (unpaired) electrons. The van der Waals surface area contributed by atoms with E-state index in [9.17, 15) is 22.8 Å². The smallest absolute Gasteiger partial charge is 0.389 e. The molecule has 2 aromatic heterocycles. The molecule has 3 aromatic rings. The third-order valence-corrected chi connectivity index (χ3v) is 6.02. The summed E-state index contributed by atoms with van der Waals surface area (Å²) in [6, 6.07) is 9.29. The van der Waals surface area contributed by atoms with Crippen LogP contribution in [0.5, 0.6) is 0 Å². The van der Waals surface area contributed by atoms with Gasteiger partial charge in [0.05, 0.1) is 6.54 Å². The number of benzene rings is 1. The number of fused-ring (bicyclic) bond motifs is 2. The summed E-state index contributed by atoms with van der Waals surface area (Å²) in [6.07, 6.45) is -1.91. The molecule has 0 spiro atoms.